The predicted octanol–water partition coefficient (Wildman–Crippen LogP) is 5.30. The van der Waals surface area contributed by atoms with E-state index in [-0.39, 0.29) is 11.6 Å². The van der Waals surface area contributed by atoms with Gasteiger partial charge in [-0.3, -0.25) is 9.59 Å². The summed E-state index contributed by atoms with van der Waals surface area (Å²) < 4.78 is 0. The van der Waals surface area contributed by atoms with E-state index in [1.807, 2.05) is 36.4 Å². The molecule has 0 saturated heterocycles. The molecule has 4 nitrogen and oxygen atoms in total. The highest BCUT2D eigenvalue weighted by Gasteiger charge is 2.20. The Hall–Kier alpha value is -3.86. The Morgan fingerprint density at radius 1 is 0.500 bits per heavy atom. The first-order valence-electron chi connectivity index (χ1n) is 11.3. The van der Waals surface area contributed by atoms with Crippen molar-refractivity contribution in [2.75, 3.05) is 0 Å². The van der Waals surface area contributed by atoms with Crippen LogP contribution in [0.5, 0.6) is 0 Å². The fraction of sp³-hybridized carbons (Fsp3) is 0.133. The molecule has 0 amide bonds. The van der Waals surface area contributed by atoms with Crippen molar-refractivity contribution in [3.8, 4) is 0 Å². The molecular weight excluding hydrogens is 424 g/mol. The van der Waals surface area contributed by atoms with Crippen LogP contribution in [0.1, 0.15) is 55.2 Å². The lowest BCUT2D eigenvalue weighted by Crippen LogP contribution is -2.12. The normalized spacial score (nSPS) is 12.6. The Labute approximate surface area is 199 Å². The molecule has 4 aromatic carbocycles. The van der Waals surface area contributed by atoms with Crippen LogP contribution in [0.15, 0.2) is 109 Å². The summed E-state index contributed by atoms with van der Waals surface area (Å²) in [5, 5.41) is 20.7. The number of aryl methyl sites for hydroxylation is 2. The molecule has 0 heterocycles. The molecule has 0 radical (unpaired) electrons. The van der Waals surface area contributed by atoms with Gasteiger partial charge in [0.25, 0.3) is 0 Å². The summed E-state index contributed by atoms with van der Waals surface area (Å²) in [7, 11) is 0. The summed E-state index contributed by atoms with van der Waals surface area (Å²) in [5.74, 6) is -0.647. The topological polar surface area (TPSA) is 74.6 Å². The molecule has 0 saturated carbocycles. The maximum absolute atomic E-state index is 12.6. The van der Waals surface area contributed by atoms with Crippen molar-refractivity contribution in [3.05, 3.63) is 143 Å². The molecule has 0 aliphatic carbocycles. The van der Waals surface area contributed by atoms with Gasteiger partial charge in [-0.05, 0) is 35.1 Å². The third-order valence-electron chi connectivity index (χ3n) is 5.91. The van der Waals surface area contributed by atoms with E-state index >= 15 is 0 Å². The van der Waals surface area contributed by atoms with Crippen LogP contribution in [0, 0.1) is 0 Å². The third-order valence-corrected chi connectivity index (χ3v) is 5.91. The van der Waals surface area contributed by atoms with E-state index in [0.29, 0.717) is 22.3 Å². The van der Waals surface area contributed by atoms with Gasteiger partial charge >= 0.3 is 0 Å². The van der Waals surface area contributed by atoms with Gasteiger partial charge < -0.3 is 10.2 Å². The molecule has 2 atom stereocenters. The smallest absolute Gasteiger partial charge is 0.195 e. The maximum Gasteiger partial charge on any atom is 0.195 e. The molecule has 0 aromatic heterocycles. The predicted molar refractivity (Wildman–Crippen MR) is 132 cm³/mol. The van der Waals surface area contributed by atoms with Crippen molar-refractivity contribution in [3.63, 3.8) is 0 Å². The summed E-state index contributed by atoms with van der Waals surface area (Å²) in [6, 6.07) is 32.4. The van der Waals surface area contributed by atoms with Gasteiger partial charge in [0, 0.05) is 11.1 Å². The first-order chi connectivity index (χ1) is 16.5. The molecule has 34 heavy (non-hydrogen) atoms. The molecule has 0 spiro atoms. The Morgan fingerprint density at radius 3 is 1.15 bits per heavy atom. The van der Waals surface area contributed by atoms with E-state index in [4.69, 9.17) is 0 Å². The highest BCUT2D eigenvalue weighted by atomic mass is 16.3. The number of carbonyl (C=O) groups is 2. The van der Waals surface area contributed by atoms with Gasteiger partial charge in [0.15, 0.2) is 11.6 Å². The fourth-order valence-electron chi connectivity index (χ4n) is 3.85. The monoisotopic (exact) mass is 450 g/mol. The summed E-state index contributed by atoms with van der Waals surface area (Å²) in [5.41, 5.74) is 4.25. The zero-order valence-corrected chi connectivity index (χ0v) is 18.7. The quantitative estimate of drug-likeness (QED) is 0.339. The Morgan fingerprint density at radius 2 is 0.824 bits per heavy atom. The number of hydrogen-bond donors (Lipinski definition) is 2. The minimum Gasteiger partial charge on any atom is -0.380 e. The second-order valence-corrected chi connectivity index (χ2v) is 8.25. The summed E-state index contributed by atoms with van der Waals surface area (Å²) >= 11 is 0. The Bertz CT molecular complexity index is 1130. The molecule has 170 valence electrons. The van der Waals surface area contributed by atoms with E-state index in [2.05, 4.69) is 0 Å². The number of ketones is 2. The lowest BCUT2D eigenvalue weighted by molar-refractivity contribution is 0.0743. The number of aliphatic hydroxyl groups excluding tert-OH is 2. The molecule has 2 unspecified atom stereocenters. The Balaban J connectivity index is 1.34. The fourth-order valence-corrected chi connectivity index (χ4v) is 3.85. The van der Waals surface area contributed by atoms with E-state index in [0.717, 1.165) is 24.0 Å². The molecule has 0 aliphatic heterocycles. The number of carbonyl (C=O) groups excluding carboxylic acids is 2. The Kier molecular flexibility index (Phi) is 7.43. The minimum atomic E-state index is -1.17. The van der Waals surface area contributed by atoms with E-state index in [9.17, 15) is 19.8 Å². The van der Waals surface area contributed by atoms with Crippen LogP contribution in [0.4, 0.5) is 0 Å². The zero-order chi connectivity index (χ0) is 23.9. The highest BCUT2D eigenvalue weighted by molar-refractivity contribution is 6.00. The molecule has 0 fully saturated rings. The van der Waals surface area contributed by atoms with E-state index in [1.54, 1.807) is 72.8 Å². The lowest BCUT2D eigenvalue weighted by Gasteiger charge is -2.11. The summed E-state index contributed by atoms with van der Waals surface area (Å²) in [6.45, 7) is 0. The van der Waals surface area contributed by atoms with Gasteiger partial charge in [0.05, 0.1) is 0 Å². The number of aliphatic hydroxyl groups is 2. The standard InChI is InChI=1S/C30H26O4/c31-27(23-7-3-1-4-8-23)29(33)25-17-13-21(14-18-25)11-12-22-15-19-26(20-16-22)30(34)28(32)24-9-5-2-6-10-24/h1-10,13-20,27-28,31-32H,11-12H2. The van der Waals surface area contributed by atoms with Crippen molar-refractivity contribution in [1.29, 1.82) is 0 Å². The number of Topliss-reactive ketones (excluding diaryl/α,β-unsaturated/α-hetero) is 2. The van der Waals surface area contributed by atoms with Gasteiger partial charge in [-0.25, -0.2) is 0 Å². The van der Waals surface area contributed by atoms with Gasteiger partial charge in [0.2, 0.25) is 0 Å². The van der Waals surface area contributed by atoms with Crippen LogP contribution in [0.25, 0.3) is 0 Å². The number of benzene rings is 4. The average molecular weight is 451 g/mol. The maximum atomic E-state index is 12.6. The van der Waals surface area contributed by atoms with Gasteiger partial charge in [-0.15, -0.1) is 0 Å². The van der Waals surface area contributed by atoms with Crippen LogP contribution in [0.3, 0.4) is 0 Å². The van der Waals surface area contributed by atoms with E-state index in [1.165, 1.54) is 0 Å². The minimum absolute atomic E-state index is 0.323. The zero-order valence-electron chi connectivity index (χ0n) is 18.7. The first kappa shape index (κ1) is 23.3. The molecule has 2 N–H and O–H groups in total. The number of rotatable bonds is 9. The molecule has 0 aliphatic rings. The van der Waals surface area contributed by atoms with Crippen LogP contribution >= 0.6 is 0 Å². The van der Waals surface area contributed by atoms with Crippen LogP contribution in [-0.2, 0) is 12.8 Å². The molecule has 4 rings (SSSR count). The van der Waals surface area contributed by atoms with Gasteiger partial charge in [-0.1, -0.05) is 109 Å². The molecular formula is C30H26O4. The van der Waals surface area contributed by atoms with Crippen LogP contribution in [-0.4, -0.2) is 21.8 Å². The third kappa shape index (κ3) is 5.54. The second-order valence-electron chi connectivity index (χ2n) is 8.25. The summed E-state index contributed by atoms with van der Waals surface area (Å²) in [4.78, 5) is 25.1. The molecule has 4 aromatic rings. The van der Waals surface area contributed by atoms with Crippen LogP contribution < -0.4 is 0 Å². The first-order valence-corrected chi connectivity index (χ1v) is 11.3. The van der Waals surface area contributed by atoms with Crippen molar-refractivity contribution < 1.29 is 19.8 Å². The SMILES string of the molecule is O=C(c1ccc(CCc2ccc(C(=O)C(O)c3ccccc3)cc2)cc1)C(O)c1ccccc1. The van der Waals surface area contributed by atoms with Crippen molar-refractivity contribution >= 4 is 11.6 Å². The second kappa shape index (κ2) is 10.8. The lowest BCUT2D eigenvalue weighted by atomic mass is 9.96. The highest BCUT2D eigenvalue weighted by Crippen LogP contribution is 2.21. The summed E-state index contributed by atoms with van der Waals surface area (Å²) in [6.07, 6.45) is -0.798. The van der Waals surface area contributed by atoms with Crippen molar-refractivity contribution in [1.82, 2.24) is 0 Å². The van der Waals surface area contributed by atoms with Crippen molar-refractivity contribution in [2.24, 2.45) is 0 Å². The van der Waals surface area contributed by atoms with Gasteiger partial charge in [-0.2, -0.15) is 0 Å². The molecule has 4 heteroatoms. The van der Waals surface area contributed by atoms with Crippen LogP contribution in [0.2, 0.25) is 0 Å². The van der Waals surface area contributed by atoms with Crippen molar-refractivity contribution in [2.45, 2.75) is 25.0 Å². The average Bonchev–Trinajstić information content (AvgIpc) is 2.92. The molecule has 0 bridgehead atoms. The largest absolute Gasteiger partial charge is 0.380 e. The number of hydrogen-bond acceptors (Lipinski definition) is 4. The van der Waals surface area contributed by atoms with E-state index < -0.39 is 12.2 Å². The van der Waals surface area contributed by atoms with Gasteiger partial charge in [0.1, 0.15) is 12.2 Å².